The molecule has 2 aliphatic rings. The predicted octanol–water partition coefficient (Wildman–Crippen LogP) is 4.51. The van der Waals surface area contributed by atoms with E-state index >= 15 is 0 Å². The Bertz CT molecular complexity index is 1450. The van der Waals surface area contributed by atoms with E-state index in [1.54, 1.807) is 12.3 Å². The maximum Gasteiger partial charge on any atom is 0.385 e. The number of Topliss-reactive ketones (excluding diaryl/α,β-unsaturated/α-hetero) is 1. The highest BCUT2D eigenvalue weighted by Gasteiger charge is 2.33. The van der Waals surface area contributed by atoms with Gasteiger partial charge in [0.15, 0.2) is 0 Å². The fourth-order valence-corrected chi connectivity index (χ4v) is 4.96. The highest BCUT2D eigenvalue weighted by molar-refractivity contribution is 9.10. The standard InChI is InChI=1S/C26H22BrNO6S/c1-15-11-21-24(16(2)18(14-33-21)13-17-7-9-19(27)10-8-17)22(12-15)34-26(30)25(29)20-5-3-4-6-23(20)35(28,31)32/h3-12,14,21H,13H2,1-2H3,(H2,28,31,32). The van der Waals surface area contributed by atoms with Crippen molar-refractivity contribution < 1.29 is 27.5 Å². The SMILES string of the molecule is CC1=CC2OC=C(Cc3ccc(Br)cc3)C(C)=C2C(OC(=O)C(=O)c2ccccc2S(N)(=O)=O)=C1. The van der Waals surface area contributed by atoms with Crippen LogP contribution in [0.4, 0.5) is 0 Å². The molecule has 2 aromatic rings. The molecule has 1 unspecified atom stereocenters. The molecule has 0 fully saturated rings. The molecule has 1 heterocycles. The molecule has 0 bridgehead atoms. The lowest BCUT2D eigenvalue weighted by Gasteiger charge is -2.30. The Kier molecular flexibility index (Phi) is 6.93. The topological polar surface area (TPSA) is 113 Å². The minimum absolute atomic E-state index is 0.181. The summed E-state index contributed by atoms with van der Waals surface area (Å²) >= 11 is 3.43. The van der Waals surface area contributed by atoms with E-state index in [-0.39, 0.29) is 11.3 Å². The van der Waals surface area contributed by atoms with E-state index in [0.717, 1.165) is 26.8 Å². The zero-order valence-electron chi connectivity index (χ0n) is 18.9. The number of nitrogens with two attached hydrogens (primary N) is 1. The molecule has 0 spiro atoms. The second kappa shape index (κ2) is 9.77. The van der Waals surface area contributed by atoms with Gasteiger partial charge in [-0.3, -0.25) is 4.79 Å². The number of carbonyl (C=O) groups excluding carboxylic acids is 2. The molecule has 2 aromatic carbocycles. The van der Waals surface area contributed by atoms with Crippen LogP contribution in [0.1, 0.15) is 29.8 Å². The minimum Gasteiger partial charge on any atom is -0.489 e. The van der Waals surface area contributed by atoms with Crippen LogP contribution in [-0.2, 0) is 30.7 Å². The van der Waals surface area contributed by atoms with Crippen LogP contribution in [0.5, 0.6) is 0 Å². The highest BCUT2D eigenvalue weighted by atomic mass is 79.9. The zero-order chi connectivity index (χ0) is 25.3. The number of benzene rings is 2. The van der Waals surface area contributed by atoms with Crippen LogP contribution in [0.2, 0.25) is 0 Å². The molecular formula is C26H22BrNO6S. The van der Waals surface area contributed by atoms with Crippen LogP contribution in [0.25, 0.3) is 0 Å². The molecule has 1 atom stereocenters. The number of allylic oxidation sites excluding steroid dienone is 4. The number of carbonyl (C=O) groups is 2. The summed E-state index contributed by atoms with van der Waals surface area (Å²) < 4.78 is 36.2. The van der Waals surface area contributed by atoms with Crippen molar-refractivity contribution in [1.29, 1.82) is 0 Å². The van der Waals surface area contributed by atoms with Gasteiger partial charge in [-0.2, -0.15) is 0 Å². The fraction of sp³-hybridized carbons (Fsp3) is 0.154. The third kappa shape index (κ3) is 5.37. The Balaban J connectivity index is 1.63. The number of hydrogen-bond acceptors (Lipinski definition) is 6. The van der Waals surface area contributed by atoms with Gasteiger partial charge in [-0.25, -0.2) is 18.4 Å². The molecule has 0 radical (unpaired) electrons. The number of hydrogen-bond donors (Lipinski definition) is 1. The third-order valence-electron chi connectivity index (χ3n) is 5.70. The van der Waals surface area contributed by atoms with E-state index in [9.17, 15) is 18.0 Å². The summed E-state index contributed by atoms with van der Waals surface area (Å²) in [6, 6.07) is 13.1. The molecule has 0 saturated carbocycles. The first-order chi connectivity index (χ1) is 16.5. The summed E-state index contributed by atoms with van der Waals surface area (Å²) in [6.45, 7) is 3.73. The van der Waals surface area contributed by atoms with E-state index < -0.39 is 32.8 Å². The largest absolute Gasteiger partial charge is 0.489 e. The number of halogens is 1. The second-order valence-corrected chi connectivity index (χ2v) is 10.7. The summed E-state index contributed by atoms with van der Waals surface area (Å²) in [5.41, 5.74) is 3.91. The van der Waals surface area contributed by atoms with Gasteiger partial charge in [-0.15, -0.1) is 0 Å². The van der Waals surface area contributed by atoms with Gasteiger partial charge in [0.1, 0.15) is 11.9 Å². The molecular weight excluding hydrogens is 534 g/mol. The Labute approximate surface area is 211 Å². The first kappa shape index (κ1) is 24.8. The molecule has 9 heteroatoms. The minimum atomic E-state index is -4.21. The number of esters is 1. The number of sulfonamides is 1. The average molecular weight is 556 g/mol. The molecule has 1 aliphatic carbocycles. The molecule has 0 aromatic heterocycles. The Morgan fingerprint density at radius 2 is 1.77 bits per heavy atom. The second-order valence-electron chi connectivity index (χ2n) is 8.22. The summed E-state index contributed by atoms with van der Waals surface area (Å²) in [5, 5.41) is 5.21. The summed E-state index contributed by atoms with van der Waals surface area (Å²) in [5.74, 6) is -2.15. The van der Waals surface area contributed by atoms with Crippen molar-refractivity contribution in [2.45, 2.75) is 31.3 Å². The van der Waals surface area contributed by atoms with Gasteiger partial charge < -0.3 is 9.47 Å². The van der Waals surface area contributed by atoms with Crippen LogP contribution >= 0.6 is 15.9 Å². The zero-order valence-corrected chi connectivity index (χ0v) is 21.4. The van der Waals surface area contributed by atoms with E-state index in [2.05, 4.69) is 15.9 Å². The van der Waals surface area contributed by atoms with Crippen molar-refractivity contribution in [3.63, 3.8) is 0 Å². The van der Waals surface area contributed by atoms with Crippen molar-refractivity contribution in [3.05, 3.63) is 111 Å². The summed E-state index contributed by atoms with van der Waals surface area (Å²) in [7, 11) is -4.21. The summed E-state index contributed by atoms with van der Waals surface area (Å²) in [6.07, 6.45) is 5.36. The van der Waals surface area contributed by atoms with Crippen LogP contribution in [0, 0.1) is 0 Å². The summed E-state index contributed by atoms with van der Waals surface area (Å²) in [4.78, 5) is 25.2. The smallest absolute Gasteiger partial charge is 0.385 e. The fourth-order valence-electron chi connectivity index (χ4n) is 3.96. The number of fused-ring (bicyclic) bond motifs is 1. The lowest BCUT2D eigenvalue weighted by atomic mass is 9.87. The van der Waals surface area contributed by atoms with Crippen LogP contribution in [0.15, 0.2) is 104 Å². The molecule has 2 N–H and O–H groups in total. The number of ketones is 1. The lowest BCUT2D eigenvalue weighted by Crippen LogP contribution is -2.27. The Morgan fingerprint density at radius 3 is 2.46 bits per heavy atom. The third-order valence-corrected chi connectivity index (χ3v) is 7.20. The normalized spacial score (nSPS) is 17.5. The van der Waals surface area contributed by atoms with E-state index in [1.165, 1.54) is 24.3 Å². The van der Waals surface area contributed by atoms with Crippen LogP contribution in [0.3, 0.4) is 0 Å². The van der Waals surface area contributed by atoms with Gasteiger partial charge in [-0.05, 0) is 72.5 Å². The van der Waals surface area contributed by atoms with Gasteiger partial charge >= 0.3 is 5.97 Å². The van der Waals surface area contributed by atoms with Gasteiger partial charge in [0.25, 0.3) is 5.78 Å². The van der Waals surface area contributed by atoms with Crippen molar-refractivity contribution >= 4 is 37.7 Å². The number of primary sulfonamides is 1. The van der Waals surface area contributed by atoms with Crippen molar-refractivity contribution in [3.8, 4) is 0 Å². The van der Waals surface area contributed by atoms with Crippen molar-refractivity contribution in [1.82, 2.24) is 0 Å². The molecule has 180 valence electrons. The Hall–Kier alpha value is -3.27. The first-order valence-corrected chi connectivity index (χ1v) is 13.0. The monoisotopic (exact) mass is 555 g/mol. The molecule has 7 nitrogen and oxygen atoms in total. The molecule has 1 aliphatic heterocycles. The van der Waals surface area contributed by atoms with E-state index in [0.29, 0.717) is 12.0 Å². The molecule has 0 saturated heterocycles. The maximum atomic E-state index is 12.8. The molecule has 4 rings (SSSR count). The van der Waals surface area contributed by atoms with E-state index in [1.807, 2.05) is 44.2 Å². The van der Waals surface area contributed by atoms with Crippen molar-refractivity contribution in [2.24, 2.45) is 5.14 Å². The quantitative estimate of drug-likeness (QED) is 0.319. The predicted molar refractivity (Wildman–Crippen MR) is 134 cm³/mol. The van der Waals surface area contributed by atoms with Gasteiger partial charge in [0.05, 0.1) is 11.2 Å². The average Bonchev–Trinajstić information content (AvgIpc) is 2.81. The van der Waals surface area contributed by atoms with Crippen LogP contribution in [-0.4, -0.2) is 26.3 Å². The Morgan fingerprint density at radius 1 is 1.09 bits per heavy atom. The molecule has 0 amide bonds. The molecule has 35 heavy (non-hydrogen) atoms. The lowest BCUT2D eigenvalue weighted by molar-refractivity contribution is -0.134. The van der Waals surface area contributed by atoms with E-state index in [4.69, 9.17) is 14.6 Å². The highest BCUT2D eigenvalue weighted by Crippen LogP contribution is 2.36. The van der Waals surface area contributed by atoms with Gasteiger partial charge in [-0.1, -0.05) is 40.2 Å². The van der Waals surface area contributed by atoms with Crippen LogP contribution < -0.4 is 5.14 Å². The number of rotatable bonds is 6. The maximum absolute atomic E-state index is 12.8. The van der Waals surface area contributed by atoms with Gasteiger partial charge in [0.2, 0.25) is 10.0 Å². The first-order valence-electron chi connectivity index (χ1n) is 10.6. The van der Waals surface area contributed by atoms with Gasteiger partial charge in [0, 0.05) is 22.0 Å². The number of ether oxygens (including phenoxy) is 2. The van der Waals surface area contributed by atoms with Crippen molar-refractivity contribution in [2.75, 3.05) is 0 Å².